The fourth-order valence-corrected chi connectivity index (χ4v) is 1.68. The van der Waals surface area contributed by atoms with Crippen molar-refractivity contribution in [2.24, 2.45) is 5.92 Å². The Hall–Kier alpha value is -0.900. The van der Waals surface area contributed by atoms with E-state index < -0.39 is 17.5 Å². The first-order valence-corrected chi connectivity index (χ1v) is 6.22. The van der Waals surface area contributed by atoms with Crippen LogP contribution in [0.25, 0.3) is 0 Å². The second-order valence-corrected chi connectivity index (χ2v) is 4.25. The smallest absolute Gasteiger partial charge is 0.316 e. The summed E-state index contributed by atoms with van der Waals surface area (Å²) in [4.78, 5) is 24.1. The molecule has 0 aromatic heterocycles. The van der Waals surface area contributed by atoms with Crippen molar-refractivity contribution < 1.29 is 19.1 Å². The highest BCUT2D eigenvalue weighted by Crippen LogP contribution is 2.24. The highest BCUT2D eigenvalue weighted by Gasteiger charge is 2.40. The SMILES string of the molecule is CCCC(C(=O)OCC)C(=O)C(C)(CC)OC. The van der Waals surface area contributed by atoms with Gasteiger partial charge in [-0.05, 0) is 26.7 Å². The number of ketones is 1. The topological polar surface area (TPSA) is 52.6 Å². The summed E-state index contributed by atoms with van der Waals surface area (Å²) >= 11 is 0. The van der Waals surface area contributed by atoms with Gasteiger partial charge in [-0.25, -0.2) is 0 Å². The largest absolute Gasteiger partial charge is 0.465 e. The molecule has 0 amide bonds. The molecule has 2 unspecified atom stereocenters. The summed E-state index contributed by atoms with van der Waals surface area (Å²) in [5, 5.41) is 0. The summed E-state index contributed by atoms with van der Waals surface area (Å²) in [6.45, 7) is 7.56. The van der Waals surface area contributed by atoms with Crippen molar-refractivity contribution in [3.8, 4) is 0 Å². The van der Waals surface area contributed by atoms with E-state index in [4.69, 9.17) is 9.47 Å². The molecule has 0 bridgehead atoms. The lowest BCUT2D eigenvalue weighted by molar-refractivity contribution is -0.159. The van der Waals surface area contributed by atoms with E-state index in [9.17, 15) is 9.59 Å². The van der Waals surface area contributed by atoms with E-state index in [0.717, 1.165) is 6.42 Å². The minimum atomic E-state index is -0.896. The van der Waals surface area contributed by atoms with Gasteiger partial charge in [0, 0.05) is 7.11 Å². The van der Waals surface area contributed by atoms with Crippen molar-refractivity contribution in [3.05, 3.63) is 0 Å². The van der Waals surface area contributed by atoms with Crippen LogP contribution in [0, 0.1) is 5.92 Å². The molecule has 0 aromatic rings. The average Bonchev–Trinajstić information content (AvgIpc) is 2.34. The Kier molecular flexibility index (Phi) is 7.04. The Morgan fingerprint density at radius 2 is 1.82 bits per heavy atom. The Morgan fingerprint density at radius 1 is 1.24 bits per heavy atom. The number of Topliss-reactive ketones (excluding diaryl/α,β-unsaturated/α-hetero) is 1. The van der Waals surface area contributed by atoms with Crippen LogP contribution >= 0.6 is 0 Å². The molecule has 2 atom stereocenters. The third kappa shape index (κ3) is 4.11. The summed E-state index contributed by atoms with van der Waals surface area (Å²) in [7, 11) is 1.50. The molecule has 0 aliphatic rings. The third-order valence-electron chi connectivity index (χ3n) is 3.11. The summed E-state index contributed by atoms with van der Waals surface area (Å²) in [6, 6.07) is 0. The number of esters is 1. The van der Waals surface area contributed by atoms with Gasteiger partial charge >= 0.3 is 5.97 Å². The van der Waals surface area contributed by atoms with Gasteiger partial charge in [0.05, 0.1) is 6.61 Å². The Morgan fingerprint density at radius 3 is 2.18 bits per heavy atom. The molecule has 0 aliphatic heterocycles. The lowest BCUT2D eigenvalue weighted by atomic mass is 9.85. The van der Waals surface area contributed by atoms with Crippen LogP contribution in [0.3, 0.4) is 0 Å². The van der Waals surface area contributed by atoms with E-state index in [0.29, 0.717) is 19.4 Å². The summed E-state index contributed by atoms with van der Waals surface area (Å²) in [5.74, 6) is -1.32. The van der Waals surface area contributed by atoms with Crippen molar-refractivity contribution in [2.75, 3.05) is 13.7 Å². The molecule has 0 aromatic carbocycles. The molecule has 0 heterocycles. The molecule has 17 heavy (non-hydrogen) atoms. The van der Waals surface area contributed by atoms with Gasteiger partial charge in [0.1, 0.15) is 11.5 Å². The molecule has 4 nitrogen and oxygen atoms in total. The summed E-state index contributed by atoms with van der Waals surface area (Å²) < 4.78 is 10.2. The Bertz CT molecular complexity index is 256. The maximum absolute atomic E-state index is 12.3. The normalized spacial score (nSPS) is 16.1. The lowest BCUT2D eigenvalue weighted by Crippen LogP contribution is -2.44. The van der Waals surface area contributed by atoms with Gasteiger partial charge in [-0.2, -0.15) is 0 Å². The Labute approximate surface area is 104 Å². The van der Waals surface area contributed by atoms with Gasteiger partial charge in [-0.1, -0.05) is 20.3 Å². The first-order chi connectivity index (χ1) is 7.96. The number of rotatable bonds is 8. The van der Waals surface area contributed by atoms with Crippen LogP contribution in [-0.4, -0.2) is 31.1 Å². The number of methoxy groups -OCH3 is 1. The zero-order valence-corrected chi connectivity index (χ0v) is 11.5. The number of carbonyl (C=O) groups excluding carboxylic acids is 2. The number of hydrogen-bond donors (Lipinski definition) is 0. The highest BCUT2D eigenvalue weighted by molar-refractivity contribution is 6.03. The van der Waals surface area contributed by atoms with Crippen LogP contribution < -0.4 is 0 Å². The van der Waals surface area contributed by atoms with E-state index in [1.54, 1.807) is 13.8 Å². The van der Waals surface area contributed by atoms with Crippen LogP contribution in [0.15, 0.2) is 0 Å². The molecule has 0 fully saturated rings. The van der Waals surface area contributed by atoms with Gasteiger partial charge < -0.3 is 9.47 Å². The molecule has 100 valence electrons. The summed E-state index contributed by atoms with van der Waals surface area (Å²) in [5.41, 5.74) is -0.896. The zero-order valence-electron chi connectivity index (χ0n) is 11.5. The zero-order chi connectivity index (χ0) is 13.5. The summed E-state index contributed by atoms with van der Waals surface area (Å²) in [6.07, 6.45) is 1.82. The molecule has 0 radical (unpaired) electrons. The van der Waals surface area contributed by atoms with E-state index in [-0.39, 0.29) is 5.78 Å². The van der Waals surface area contributed by atoms with Crippen molar-refractivity contribution in [3.63, 3.8) is 0 Å². The van der Waals surface area contributed by atoms with E-state index in [2.05, 4.69) is 0 Å². The molecule has 4 heteroatoms. The maximum Gasteiger partial charge on any atom is 0.316 e. The number of carbonyl (C=O) groups is 2. The van der Waals surface area contributed by atoms with Crippen molar-refractivity contribution in [1.29, 1.82) is 0 Å². The van der Waals surface area contributed by atoms with E-state index >= 15 is 0 Å². The van der Waals surface area contributed by atoms with E-state index in [1.165, 1.54) is 7.11 Å². The minimum absolute atomic E-state index is 0.178. The molecule has 0 spiro atoms. The van der Waals surface area contributed by atoms with Gasteiger partial charge in [-0.3, -0.25) is 9.59 Å². The molecule has 0 N–H and O–H groups in total. The average molecular weight is 244 g/mol. The predicted molar refractivity (Wildman–Crippen MR) is 65.7 cm³/mol. The first kappa shape index (κ1) is 16.1. The molecule has 0 saturated carbocycles. The Balaban J connectivity index is 4.92. The molecular weight excluding hydrogens is 220 g/mol. The molecular formula is C13H24O4. The molecule has 0 saturated heterocycles. The minimum Gasteiger partial charge on any atom is -0.465 e. The van der Waals surface area contributed by atoms with Crippen LogP contribution in [0.5, 0.6) is 0 Å². The van der Waals surface area contributed by atoms with Crippen molar-refractivity contribution >= 4 is 11.8 Å². The fraction of sp³-hybridized carbons (Fsp3) is 0.846. The maximum atomic E-state index is 12.3. The predicted octanol–water partition coefficient (Wildman–Crippen LogP) is 2.35. The first-order valence-electron chi connectivity index (χ1n) is 6.22. The monoisotopic (exact) mass is 244 g/mol. The quantitative estimate of drug-likeness (QED) is 0.486. The van der Waals surface area contributed by atoms with Gasteiger partial charge in [0.2, 0.25) is 0 Å². The van der Waals surface area contributed by atoms with Gasteiger partial charge in [0.25, 0.3) is 0 Å². The molecule has 0 rings (SSSR count). The van der Waals surface area contributed by atoms with Gasteiger partial charge in [0.15, 0.2) is 5.78 Å². The lowest BCUT2D eigenvalue weighted by Gasteiger charge is -2.28. The van der Waals surface area contributed by atoms with Crippen LogP contribution in [0.4, 0.5) is 0 Å². The second-order valence-electron chi connectivity index (χ2n) is 4.25. The third-order valence-corrected chi connectivity index (χ3v) is 3.11. The second kappa shape index (κ2) is 7.43. The van der Waals surface area contributed by atoms with Gasteiger partial charge in [-0.15, -0.1) is 0 Å². The molecule has 0 aliphatic carbocycles. The van der Waals surface area contributed by atoms with Crippen LogP contribution in [0.2, 0.25) is 0 Å². The number of ether oxygens (including phenoxy) is 2. The standard InChI is InChI=1S/C13H24O4/c1-6-9-10(12(15)17-8-3)11(14)13(4,7-2)16-5/h10H,6-9H2,1-5H3. The highest BCUT2D eigenvalue weighted by atomic mass is 16.5. The van der Waals surface area contributed by atoms with Crippen molar-refractivity contribution in [1.82, 2.24) is 0 Å². The van der Waals surface area contributed by atoms with E-state index in [1.807, 2.05) is 13.8 Å². The number of hydrogen-bond acceptors (Lipinski definition) is 4. The fourth-order valence-electron chi connectivity index (χ4n) is 1.68. The van der Waals surface area contributed by atoms with Crippen molar-refractivity contribution in [2.45, 2.75) is 52.6 Å². The van der Waals surface area contributed by atoms with Crippen LogP contribution in [0.1, 0.15) is 47.0 Å². The van der Waals surface area contributed by atoms with Crippen LogP contribution in [-0.2, 0) is 19.1 Å².